The summed E-state index contributed by atoms with van der Waals surface area (Å²) in [5.41, 5.74) is 6.20. The van der Waals surface area contributed by atoms with Crippen molar-refractivity contribution in [2.75, 3.05) is 0 Å². The van der Waals surface area contributed by atoms with Crippen molar-refractivity contribution in [2.45, 2.75) is 0 Å². The van der Waals surface area contributed by atoms with Gasteiger partial charge in [0.05, 0.1) is 9.60 Å². The fourth-order valence-electron chi connectivity index (χ4n) is 6.67. The van der Waals surface area contributed by atoms with Crippen molar-refractivity contribution in [1.29, 1.82) is 0 Å². The Morgan fingerprint density at radius 1 is 0.412 bits per heavy atom. The van der Waals surface area contributed by atoms with Gasteiger partial charge in [-0.05, 0) is 68.7 Å². The number of benzene rings is 8. The van der Waals surface area contributed by atoms with Crippen molar-refractivity contribution in [2.24, 2.45) is 0 Å². The van der Waals surface area contributed by atoms with Crippen LogP contribution in [0.1, 0.15) is 9.60 Å². The van der Waals surface area contributed by atoms with Gasteiger partial charge in [0, 0.05) is 32.8 Å². The van der Waals surface area contributed by atoms with Gasteiger partial charge in [0.15, 0.2) is 17.5 Å². The van der Waals surface area contributed by atoms with E-state index in [1.165, 1.54) is 0 Å². The Balaban J connectivity index is 1.18. The van der Waals surface area contributed by atoms with Gasteiger partial charge in [-0.2, -0.15) is 0 Å². The van der Waals surface area contributed by atoms with Crippen LogP contribution in [0.4, 0.5) is 0 Å². The summed E-state index contributed by atoms with van der Waals surface area (Å²) in [6.07, 6.45) is 0. The van der Waals surface area contributed by atoms with E-state index in [-0.39, 0.29) is 34.5 Å². The van der Waals surface area contributed by atoms with Gasteiger partial charge in [-0.1, -0.05) is 145 Å². The van der Waals surface area contributed by atoms with Crippen LogP contribution in [-0.2, 0) is 0 Å². The van der Waals surface area contributed by atoms with Crippen LogP contribution in [0.2, 0.25) is 0 Å². The number of hydrogen-bond acceptors (Lipinski definition) is 4. The molecule has 0 aliphatic heterocycles. The number of hydrogen-bond donors (Lipinski definition) is 0. The van der Waals surface area contributed by atoms with Gasteiger partial charge in [0.25, 0.3) is 0 Å². The third-order valence-electron chi connectivity index (χ3n) is 9.15. The van der Waals surface area contributed by atoms with Gasteiger partial charge in [0.1, 0.15) is 11.2 Å². The number of rotatable bonds is 5. The molecule has 0 fully saturated rings. The van der Waals surface area contributed by atoms with Crippen molar-refractivity contribution < 1.29 is 14.0 Å². The molecule has 2 aromatic heterocycles. The summed E-state index contributed by atoms with van der Waals surface area (Å²) in [5.74, 6) is 1.54. The smallest absolute Gasteiger partial charge is 0.164 e. The zero-order valence-electron chi connectivity index (χ0n) is 34.0. The minimum Gasteiger partial charge on any atom is -0.455 e. The highest BCUT2D eigenvalue weighted by Crippen LogP contribution is 2.41. The summed E-state index contributed by atoms with van der Waals surface area (Å²) in [5, 5.41) is 3.03. The highest BCUT2D eigenvalue weighted by Gasteiger charge is 2.19. The summed E-state index contributed by atoms with van der Waals surface area (Å²) >= 11 is 0. The van der Waals surface area contributed by atoms with Crippen molar-refractivity contribution in [3.05, 3.63) is 176 Å². The monoisotopic (exact) mass is 658 g/mol. The summed E-state index contributed by atoms with van der Waals surface area (Å²) in [6.45, 7) is 0. The van der Waals surface area contributed by atoms with Crippen LogP contribution < -0.4 is 0 Å². The van der Waals surface area contributed by atoms with E-state index in [2.05, 4.69) is 24.3 Å². The second kappa shape index (κ2) is 11.9. The molecule has 0 amide bonds. The van der Waals surface area contributed by atoms with Crippen LogP contribution in [0.3, 0.4) is 0 Å². The molecule has 0 saturated heterocycles. The molecule has 0 N–H and O–H groups in total. The lowest BCUT2D eigenvalue weighted by atomic mass is 9.98. The van der Waals surface area contributed by atoms with Crippen LogP contribution in [0, 0.1) is 0 Å². The molecule has 4 heteroatoms. The average Bonchev–Trinajstić information content (AvgIpc) is 3.64. The molecule has 0 aliphatic rings. The lowest BCUT2D eigenvalue weighted by Gasteiger charge is -2.11. The van der Waals surface area contributed by atoms with Gasteiger partial charge in [-0.25, -0.2) is 15.0 Å². The molecule has 0 unspecified atom stereocenters. The van der Waals surface area contributed by atoms with Gasteiger partial charge >= 0.3 is 0 Å². The number of aromatic nitrogens is 3. The second-order valence-electron chi connectivity index (χ2n) is 12.3. The Labute approximate surface area is 304 Å². The molecular weight excluding hydrogens is 623 g/mol. The van der Waals surface area contributed by atoms with Crippen LogP contribution in [-0.4, -0.2) is 15.0 Å². The third-order valence-corrected chi connectivity index (χ3v) is 9.15. The minimum atomic E-state index is -0.505. The zero-order valence-corrected chi connectivity index (χ0v) is 27.0. The maximum absolute atomic E-state index is 9.08. The van der Waals surface area contributed by atoms with Crippen molar-refractivity contribution in [3.8, 4) is 56.4 Å². The lowest BCUT2D eigenvalue weighted by Crippen LogP contribution is -2.00. The molecular formula is C47H29N3O. The quantitative estimate of drug-likeness (QED) is 0.185. The van der Waals surface area contributed by atoms with Crippen LogP contribution in [0.5, 0.6) is 0 Å². The highest BCUT2D eigenvalue weighted by atomic mass is 16.3. The first kappa shape index (κ1) is 22.7. The summed E-state index contributed by atoms with van der Waals surface area (Å²) in [7, 11) is 0. The molecule has 0 atom stereocenters. The molecule has 2 heterocycles. The number of furan rings is 1. The third kappa shape index (κ3) is 5.13. The van der Waals surface area contributed by atoms with E-state index in [1.807, 2.05) is 97.1 Å². The van der Waals surface area contributed by atoms with E-state index < -0.39 is 24.2 Å². The standard InChI is InChI=1S/C47H29N3O/c1-3-12-30(13-4-1)34-18-11-19-37(27-34)46-48-45(32-15-5-2-6-16-32)49-47(50-46)42-29-41-39-25-24-36(35-23-22-31-14-7-8-17-33(31)26-35)28-43(39)51-44(41)40-21-10-9-20-38(40)42/h1-29H/i7D,8D,14D,17D,22D,23D,26D. The van der Waals surface area contributed by atoms with E-state index in [0.29, 0.717) is 34.2 Å². The highest BCUT2D eigenvalue weighted by molar-refractivity contribution is 6.19. The molecule has 51 heavy (non-hydrogen) atoms. The van der Waals surface area contributed by atoms with Gasteiger partial charge < -0.3 is 4.42 Å². The molecule has 238 valence electrons. The molecule has 4 nitrogen and oxygen atoms in total. The molecule has 0 saturated carbocycles. The average molecular weight is 659 g/mol. The lowest BCUT2D eigenvalue weighted by molar-refractivity contribution is 0.673. The molecule has 0 bridgehead atoms. The molecule has 0 aliphatic carbocycles. The van der Waals surface area contributed by atoms with E-state index in [1.54, 1.807) is 12.1 Å². The molecule has 10 rings (SSSR count). The van der Waals surface area contributed by atoms with E-state index in [0.717, 1.165) is 49.4 Å². The first-order valence-electron chi connectivity index (χ1n) is 20.0. The topological polar surface area (TPSA) is 51.8 Å². The first-order valence-corrected chi connectivity index (χ1v) is 16.5. The van der Waals surface area contributed by atoms with Gasteiger partial charge in [-0.3, -0.25) is 0 Å². The van der Waals surface area contributed by atoms with Crippen molar-refractivity contribution in [1.82, 2.24) is 15.0 Å². The second-order valence-corrected chi connectivity index (χ2v) is 12.3. The van der Waals surface area contributed by atoms with Crippen LogP contribution in [0.15, 0.2) is 180 Å². The van der Waals surface area contributed by atoms with Crippen molar-refractivity contribution >= 4 is 43.5 Å². The Hall–Kier alpha value is -6.91. The maximum atomic E-state index is 9.08. The predicted octanol–water partition coefficient (Wildman–Crippen LogP) is 12.4. The fourth-order valence-corrected chi connectivity index (χ4v) is 6.67. The predicted molar refractivity (Wildman–Crippen MR) is 209 cm³/mol. The van der Waals surface area contributed by atoms with E-state index in [9.17, 15) is 0 Å². The molecule has 8 aromatic carbocycles. The number of nitrogens with zero attached hydrogens (tertiary/aromatic N) is 3. The van der Waals surface area contributed by atoms with Crippen molar-refractivity contribution in [3.63, 3.8) is 0 Å². The summed E-state index contributed by atoms with van der Waals surface area (Å²) < 4.78 is 66.6. The Morgan fingerprint density at radius 3 is 1.88 bits per heavy atom. The van der Waals surface area contributed by atoms with Crippen LogP contribution in [0.25, 0.3) is 99.9 Å². The number of fused-ring (bicyclic) bond motifs is 6. The Kier molecular flexibility index (Phi) is 5.29. The molecule has 0 radical (unpaired) electrons. The first-order chi connectivity index (χ1) is 28.2. The SMILES string of the molecule is [2H]c1c([2H])c([2H])c2c([2H])c(-c3ccc4c(c3)oc3c5ccccc5c(-c5nc(-c6ccccc6)nc(-c6cccc(-c7ccccc7)c6)n5)cc43)c([2H])c([2H])c2c1[2H]. The maximum Gasteiger partial charge on any atom is 0.164 e. The van der Waals surface area contributed by atoms with Crippen LogP contribution >= 0.6 is 0 Å². The summed E-state index contributed by atoms with van der Waals surface area (Å²) in [4.78, 5) is 15.2. The largest absolute Gasteiger partial charge is 0.455 e. The summed E-state index contributed by atoms with van der Waals surface area (Å²) in [6, 6.07) is 40.6. The molecule has 10 aromatic rings. The van der Waals surface area contributed by atoms with E-state index >= 15 is 0 Å². The fraction of sp³-hybridized carbons (Fsp3) is 0. The Morgan fingerprint density at radius 2 is 1.06 bits per heavy atom. The normalized spacial score (nSPS) is 13.5. The van der Waals surface area contributed by atoms with E-state index in [4.69, 9.17) is 29.0 Å². The Bertz CT molecular complexity index is 3320. The minimum absolute atomic E-state index is 0.0814. The van der Waals surface area contributed by atoms with Gasteiger partial charge in [0.2, 0.25) is 0 Å². The zero-order chi connectivity index (χ0) is 39.8. The van der Waals surface area contributed by atoms with Gasteiger partial charge in [-0.15, -0.1) is 0 Å². The molecule has 0 spiro atoms.